The standard InChI is InChI=1S/C4H8N4O/c1-8-4(3-9-5)2-6-7-8/h2H,3,5H2,1H3. The van der Waals surface area contributed by atoms with E-state index in [0.717, 1.165) is 5.69 Å². The van der Waals surface area contributed by atoms with E-state index in [2.05, 4.69) is 15.1 Å². The van der Waals surface area contributed by atoms with Crippen LogP contribution in [0.15, 0.2) is 6.20 Å². The maximum atomic E-state index is 4.82. The summed E-state index contributed by atoms with van der Waals surface area (Å²) in [6, 6.07) is 0. The molecule has 0 aliphatic heterocycles. The lowest BCUT2D eigenvalue weighted by molar-refractivity contribution is 0.118. The van der Waals surface area contributed by atoms with Crippen molar-refractivity contribution in [2.24, 2.45) is 12.9 Å². The molecule has 0 aliphatic rings. The summed E-state index contributed by atoms with van der Waals surface area (Å²) in [5, 5.41) is 7.28. The summed E-state index contributed by atoms with van der Waals surface area (Å²) >= 11 is 0. The van der Waals surface area contributed by atoms with Crippen LogP contribution in [0.2, 0.25) is 0 Å². The van der Waals surface area contributed by atoms with Crippen molar-refractivity contribution in [1.82, 2.24) is 15.0 Å². The molecule has 9 heavy (non-hydrogen) atoms. The summed E-state index contributed by atoms with van der Waals surface area (Å²) in [6.07, 6.45) is 1.60. The van der Waals surface area contributed by atoms with Gasteiger partial charge in [-0.2, -0.15) is 0 Å². The molecule has 0 spiro atoms. The molecule has 0 amide bonds. The molecule has 1 rings (SSSR count). The molecule has 5 heteroatoms. The van der Waals surface area contributed by atoms with Crippen molar-refractivity contribution in [3.63, 3.8) is 0 Å². The Balaban J connectivity index is 2.69. The van der Waals surface area contributed by atoms with Gasteiger partial charge in [-0.05, 0) is 0 Å². The van der Waals surface area contributed by atoms with Crippen molar-refractivity contribution in [3.8, 4) is 0 Å². The lowest BCUT2D eigenvalue weighted by Crippen LogP contribution is -2.04. The molecule has 5 nitrogen and oxygen atoms in total. The number of nitrogens with zero attached hydrogens (tertiary/aromatic N) is 3. The molecule has 50 valence electrons. The molecule has 1 aromatic heterocycles. The van der Waals surface area contributed by atoms with Gasteiger partial charge in [-0.15, -0.1) is 5.10 Å². The van der Waals surface area contributed by atoms with Crippen molar-refractivity contribution in [3.05, 3.63) is 11.9 Å². The van der Waals surface area contributed by atoms with Gasteiger partial charge in [0, 0.05) is 7.05 Å². The Hall–Kier alpha value is -0.940. The normalized spacial score (nSPS) is 10.0. The van der Waals surface area contributed by atoms with E-state index >= 15 is 0 Å². The maximum absolute atomic E-state index is 4.82. The van der Waals surface area contributed by atoms with E-state index < -0.39 is 0 Å². The minimum Gasteiger partial charge on any atom is -0.298 e. The topological polar surface area (TPSA) is 66.0 Å². The van der Waals surface area contributed by atoms with E-state index in [4.69, 9.17) is 5.90 Å². The molecule has 2 N–H and O–H groups in total. The number of hydrogen-bond donors (Lipinski definition) is 1. The van der Waals surface area contributed by atoms with Crippen LogP contribution in [0.5, 0.6) is 0 Å². The van der Waals surface area contributed by atoms with Crippen LogP contribution in [0.3, 0.4) is 0 Å². The van der Waals surface area contributed by atoms with E-state index in [9.17, 15) is 0 Å². The zero-order valence-corrected chi connectivity index (χ0v) is 5.11. The highest BCUT2D eigenvalue weighted by atomic mass is 16.6. The lowest BCUT2D eigenvalue weighted by atomic mass is 10.5. The fourth-order valence-electron chi connectivity index (χ4n) is 0.527. The molecule has 1 aromatic rings. The molecule has 0 aromatic carbocycles. The second kappa shape index (κ2) is 2.56. The van der Waals surface area contributed by atoms with Gasteiger partial charge in [0.1, 0.15) is 6.61 Å². The molecule has 1 heterocycles. The molecule has 0 saturated carbocycles. The third-order valence-corrected chi connectivity index (χ3v) is 1.04. The molecule has 0 saturated heterocycles. The van der Waals surface area contributed by atoms with Gasteiger partial charge < -0.3 is 0 Å². The third kappa shape index (κ3) is 1.24. The van der Waals surface area contributed by atoms with Crippen molar-refractivity contribution >= 4 is 0 Å². The lowest BCUT2D eigenvalue weighted by Gasteiger charge is -1.94. The minimum atomic E-state index is 0.351. The van der Waals surface area contributed by atoms with Crippen LogP contribution in [0.4, 0.5) is 0 Å². The summed E-state index contributed by atoms with van der Waals surface area (Å²) < 4.78 is 1.60. The first kappa shape index (κ1) is 6.18. The molecule has 0 aliphatic carbocycles. The second-order valence-electron chi connectivity index (χ2n) is 1.66. The number of aromatic nitrogens is 3. The fourth-order valence-corrected chi connectivity index (χ4v) is 0.527. The van der Waals surface area contributed by atoms with Crippen LogP contribution in [0, 0.1) is 0 Å². The van der Waals surface area contributed by atoms with Crippen LogP contribution in [-0.4, -0.2) is 15.0 Å². The van der Waals surface area contributed by atoms with Crippen LogP contribution in [-0.2, 0) is 18.5 Å². The zero-order chi connectivity index (χ0) is 6.69. The van der Waals surface area contributed by atoms with Crippen LogP contribution in [0.1, 0.15) is 5.69 Å². The SMILES string of the molecule is Cn1nncc1CON. The first-order chi connectivity index (χ1) is 4.34. The van der Waals surface area contributed by atoms with Crippen molar-refractivity contribution in [1.29, 1.82) is 0 Å². The fraction of sp³-hybridized carbons (Fsp3) is 0.500. The van der Waals surface area contributed by atoms with E-state index in [0.29, 0.717) is 6.61 Å². The van der Waals surface area contributed by atoms with Crippen molar-refractivity contribution < 1.29 is 4.84 Å². The average molecular weight is 128 g/mol. The van der Waals surface area contributed by atoms with Crippen molar-refractivity contribution in [2.75, 3.05) is 0 Å². The quantitative estimate of drug-likeness (QED) is 0.530. The Kier molecular flexibility index (Phi) is 1.76. The molecule has 0 atom stereocenters. The molecule has 0 unspecified atom stereocenters. The first-order valence-electron chi connectivity index (χ1n) is 2.50. The Bertz CT molecular complexity index is 184. The van der Waals surface area contributed by atoms with Gasteiger partial charge in [-0.1, -0.05) is 5.21 Å². The second-order valence-corrected chi connectivity index (χ2v) is 1.66. The molecule has 0 bridgehead atoms. The van der Waals surface area contributed by atoms with Crippen molar-refractivity contribution in [2.45, 2.75) is 6.61 Å². The predicted molar refractivity (Wildman–Crippen MR) is 30.0 cm³/mol. The summed E-state index contributed by atoms with van der Waals surface area (Å²) in [6.45, 7) is 0.351. The van der Waals surface area contributed by atoms with E-state index in [-0.39, 0.29) is 0 Å². The van der Waals surface area contributed by atoms with Crippen LogP contribution < -0.4 is 5.90 Å². The van der Waals surface area contributed by atoms with Crippen LogP contribution in [0.25, 0.3) is 0 Å². The largest absolute Gasteiger partial charge is 0.298 e. The Morgan fingerprint density at radius 1 is 1.89 bits per heavy atom. The van der Waals surface area contributed by atoms with Gasteiger partial charge >= 0.3 is 0 Å². The highest BCUT2D eigenvalue weighted by molar-refractivity contribution is 4.89. The minimum absolute atomic E-state index is 0.351. The average Bonchev–Trinajstić information content (AvgIpc) is 2.18. The zero-order valence-electron chi connectivity index (χ0n) is 5.11. The Morgan fingerprint density at radius 3 is 3.11 bits per heavy atom. The highest BCUT2D eigenvalue weighted by Crippen LogP contribution is 1.92. The number of rotatable bonds is 2. The number of hydrogen-bond acceptors (Lipinski definition) is 4. The monoisotopic (exact) mass is 128 g/mol. The van der Waals surface area contributed by atoms with Gasteiger partial charge in [0.05, 0.1) is 11.9 Å². The molecular formula is C4H8N4O. The van der Waals surface area contributed by atoms with E-state index in [1.54, 1.807) is 17.9 Å². The Morgan fingerprint density at radius 2 is 2.67 bits per heavy atom. The smallest absolute Gasteiger partial charge is 0.111 e. The summed E-state index contributed by atoms with van der Waals surface area (Å²) in [5.74, 6) is 4.82. The predicted octanol–water partition coefficient (Wildman–Crippen LogP) is -0.795. The van der Waals surface area contributed by atoms with Gasteiger partial charge in [0.25, 0.3) is 0 Å². The number of nitrogens with two attached hydrogens (primary N) is 1. The highest BCUT2D eigenvalue weighted by Gasteiger charge is 1.96. The summed E-state index contributed by atoms with van der Waals surface area (Å²) in [7, 11) is 1.78. The Labute approximate surface area is 52.4 Å². The van der Waals surface area contributed by atoms with Crippen LogP contribution >= 0.6 is 0 Å². The number of aryl methyl sites for hydroxylation is 1. The van der Waals surface area contributed by atoms with Gasteiger partial charge in [-0.25, -0.2) is 5.90 Å². The van der Waals surface area contributed by atoms with Gasteiger partial charge in [-0.3, -0.25) is 9.52 Å². The molecular weight excluding hydrogens is 120 g/mol. The molecule has 0 radical (unpaired) electrons. The summed E-state index contributed by atoms with van der Waals surface area (Å²) in [4.78, 5) is 4.37. The van der Waals surface area contributed by atoms with Gasteiger partial charge in [0.15, 0.2) is 0 Å². The van der Waals surface area contributed by atoms with E-state index in [1.165, 1.54) is 0 Å². The van der Waals surface area contributed by atoms with Gasteiger partial charge in [0.2, 0.25) is 0 Å². The molecule has 0 fully saturated rings. The maximum Gasteiger partial charge on any atom is 0.111 e. The third-order valence-electron chi connectivity index (χ3n) is 1.04. The summed E-state index contributed by atoms with van der Waals surface area (Å²) in [5.41, 5.74) is 0.859. The first-order valence-corrected chi connectivity index (χ1v) is 2.50. The van der Waals surface area contributed by atoms with E-state index in [1.807, 2.05) is 0 Å².